The number of rotatable bonds is 5. The molecular formula is C17H22ClNO5S. The maximum atomic E-state index is 12.1. The number of amides is 1. The van der Waals surface area contributed by atoms with Crippen molar-refractivity contribution < 1.29 is 22.7 Å². The van der Waals surface area contributed by atoms with Gasteiger partial charge in [0.25, 0.3) is 5.91 Å². The van der Waals surface area contributed by atoms with Crippen LogP contribution in [0.5, 0.6) is 0 Å². The number of sulfone groups is 1. The van der Waals surface area contributed by atoms with Gasteiger partial charge in [-0.15, -0.1) is 0 Å². The van der Waals surface area contributed by atoms with Crippen LogP contribution in [0, 0.1) is 5.92 Å². The van der Waals surface area contributed by atoms with Crippen molar-refractivity contribution in [2.45, 2.75) is 43.5 Å². The fraction of sp³-hybridized carbons (Fsp3) is 0.529. The molecule has 138 valence electrons. The van der Waals surface area contributed by atoms with Crippen LogP contribution in [-0.2, 0) is 19.4 Å². The van der Waals surface area contributed by atoms with E-state index < -0.39 is 22.4 Å². The molecule has 0 unspecified atom stereocenters. The van der Waals surface area contributed by atoms with Gasteiger partial charge in [0, 0.05) is 12.3 Å². The number of halogens is 1. The third-order valence-corrected chi connectivity index (χ3v) is 5.82. The van der Waals surface area contributed by atoms with E-state index in [0.29, 0.717) is 5.92 Å². The van der Waals surface area contributed by atoms with Gasteiger partial charge in [-0.05, 0) is 37.0 Å². The predicted molar refractivity (Wildman–Crippen MR) is 94.4 cm³/mol. The van der Waals surface area contributed by atoms with Gasteiger partial charge in [0.2, 0.25) is 0 Å². The first kappa shape index (κ1) is 19.7. The zero-order valence-electron chi connectivity index (χ0n) is 14.2. The molecule has 0 heterocycles. The first-order chi connectivity index (χ1) is 11.7. The molecule has 1 aromatic rings. The van der Waals surface area contributed by atoms with Crippen molar-refractivity contribution in [3.8, 4) is 0 Å². The van der Waals surface area contributed by atoms with Crippen LogP contribution in [0.1, 0.15) is 43.0 Å². The van der Waals surface area contributed by atoms with Gasteiger partial charge in [0.05, 0.1) is 15.5 Å². The zero-order valence-corrected chi connectivity index (χ0v) is 15.8. The van der Waals surface area contributed by atoms with Gasteiger partial charge in [-0.25, -0.2) is 13.2 Å². The Bertz CT molecular complexity index is 762. The van der Waals surface area contributed by atoms with Gasteiger partial charge in [-0.1, -0.05) is 31.4 Å². The number of hydrogen-bond acceptors (Lipinski definition) is 5. The third kappa shape index (κ3) is 5.44. The molecule has 6 nitrogen and oxygen atoms in total. The van der Waals surface area contributed by atoms with Crippen LogP contribution in [0.25, 0.3) is 0 Å². The maximum absolute atomic E-state index is 12.1. The molecule has 1 N–H and O–H groups in total. The van der Waals surface area contributed by atoms with E-state index in [1.54, 1.807) is 0 Å². The fourth-order valence-corrected chi connectivity index (χ4v) is 3.72. The highest BCUT2D eigenvalue weighted by atomic mass is 35.5. The van der Waals surface area contributed by atoms with Crippen LogP contribution < -0.4 is 5.32 Å². The van der Waals surface area contributed by atoms with E-state index in [1.807, 2.05) is 0 Å². The Hall–Kier alpha value is -1.60. The molecular weight excluding hydrogens is 366 g/mol. The van der Waals surface area contributed by atoms with Gasteiger partial charge in [-0.2, -0.15) is 0 Å². The van der Waals surface area contributed by atoms with Crippen molar-refractivity contribution >= 4 is 33.3 Å². The summed E-state index contributed by atoms with van der Waals surface area (Å²) in [5.74, 6) is -0.806. The average molecular weight is 388 g/mol. The fourth-order valence-electron chi connectivity index (χ4n) is 2.88. The summed E-state index contributed by atoms with van der Waals surface area (Å²) in [5.41, 5.74) is -0.0802. The highest BCUT2D eigenvalue weighted by Crippen LogP contribution is 2.24. The SMILES string of the molecule is C[C@@H]1CCCC[C@H]1NC(=O)COC(=O)c1cc(S(C)(=O)=O)ccc1Cl. The lowest BCUT2D eigenvalue weighted by Gasteiger charge is -2.29. The molecule has 25 heavy (non-hydrogen) atoms. The molecule has 1 aliphatic carbocycles. The molecule has 2 rings (SSSR count). The molecule has 0 spiro atoms. The molecule has 8 heteroatoms. The van der Waals surface area contributed by atoms with E-state index in [9.17, 15) is 18.0 Å². The molecule has 0 aliphatic heterocycles. The highest BCUT2D eigenvalue weighted by Gasteiger charge is 2.23. The van der Waals surface area contributed by atoms with E-state index in [-0.39, 0.29) is 27.4 Å². The first-order valence-corrected chi connectivity index (χ1v) is 10.4. The summed E-state index contributed by atoms with van der Waals surface area (Å²) in [5, 5.41) is 2.95. The quantitative estimate of drug-likeness (QED) is 0.784. The first-order valence-electron chi connectivity index (χ1n) is 8.14. The van der Waals surface area contributed by atoms with Crippen molar-refractivity contribution in [1.29, 1.82) is 0 Å². The Kier molecular flexibility index (Phi) is 6.46. The van der Waals surface area contributed by atoms with Crippen molar-refractivity contribution in [3.63, 3.8) is 0 Å². The van der Waals surface area contributed by atoms with Crippen molar-refractivity contribution in [1.82, 2.24) is 5.32 Å². The normalized spacial score (nSPS) is 20.8. The Morgan fingerprint density at radius 3 is 2.60 bits per heavy atom. The number of carbonyl (C=O) groups excluding carboxylic acids is 2. The molecule has 1 amide bonds. The summed E-state index contributed by atoms with van der Waals surface area (Å²) in [6.45, 7) is 1.66. The molecule has 0 bridgehead atoms. The molecule has 0 aromatic heterocycles. The van der Waals surface area contributed by atoms with Crippen LogP contribution in [0.15, 0.2) is 23.1 Å². The van der Waals surface area contributed by atoms with E-state index in [4.69, 9.17) is 16.3 Å². The zero-order chi connectivity index (χ0) is 18.6. The molecule has 2 atom stereocenters. The van der Waals surface area contributed by atoms with Gasteiger partial charge < -0.3 is 10.1 Å². The molecule has 0 saturated heterocycles. The monoisotopic (exact) mass is 387 g/mol. The average Bonchev–Trinajstić information content (AvgIpc) is 2.54. The van der Waals surface area contributed by atoms with Crippen LogP contribution in [-0.4, -0.2) is 39.2 Å². The van der Waals surface area contributed by atoms with Gasteiger partial charge in [0.15, 0.2) is 16.4 Å². The minimum absolute atomic E-state index is 0.0377. The summed E-state index contributed by atoms with van der Waals surface area (Å²) in [7, 11) is -3.48. The number of hydrogen-bond donors (Lipinski definition) is 1. The predicted octanol–water partition coefficient (Wildman–Crippen LogP) is 2.60. The number of nitrogens with one attached hydrogen (secondary N) is 1. The Morgan fingerprint density at radius 2 is 1.96 bits per heavy atom. The summed E-state index contributed by atoms with van der Waals surface area (Å²) >= 11 is 5.94. The summed E-state index contributed by atoms with van der Waals surface area (Å²) in [4.78, 5) is 24.1. The largest absolute Gasteiger partial charge is 0.452 e. The summed E-state index contributed by atoms with van der Waals surface area (Å²) in [6.07, 6.45) is 5.26. The third-order valence-electron chi connectivity index (χ3n) is 4.38. The summed E-state index contributed by atoms with van der Waals surface area (Å²) in [6, 6.07) is 3.88. The van der Waals surface area contributed by atoms with Crippen LogP contribution in [0.3, 0.4) is 0 Å². The second-order valence-corrected chi connectivity index (χ2v) is 8.85. The lowest BCUT2D eigenvalue weighted by Crippen LogP contribution is -2.42. The Balaban J connectivity index is 1.97. The smallest absolute Gasteiger partial charge is 0.340 e. The number of esters is 1. The van der Waals surface area contributed by atoms with Crippen LogP contribution in [0.4, 0.5) is 0 Å². The Labute approximate surface area is 152 Å². The minimum Gasteiger partial charge on any atom is -0.452 e. The van der Waals surface area contributed by atoms with E-state index in [0.717, 1.165) is 38.0 Å². The number of ether oxygens (including phenoxy) is 1. The molecule has 0 radical (unpaired) electrons. The van der Waals surface area contributed by atoms with Crippen molar-refractivity contribution in [2.24, 2.45) is 5.92 Å². The van der Waals surface area contributed by atoms with Crippen molar-refractivity contribution in [3.05, 3.63) is 28.8 Å². The molecule has 1 aromatic carbocycles. The number of carbonyl (C=O) groups is 2. The topological polar surface area (TPSA) is 89.5 Å². The van der Waals surface area contributed by atoms with Crippen LogP contribution >= 0.6 is 11.6 Å². The van der Waals surface area contributed by atoms with Gasteiger partial charge >= 0.3 is 5.97 Å². The summed E-state index contributed by atoms with van der Waals surface area (Å²) < 4.78 is 28.1. The van der Waals surface area contributed by atoms with E-state index >= 15 is 0 Å². The maximum Gasteiger partial charge on any atom is 0.340 e. The lowest BCUT2D eigenvalue weighted by molar-refractivity contribution is -0.125. The highest BCUT2D eigenvalue weighted by molar-refractivity contribution is 7.90. The molecule has 1 aliphatic rings. The lowest BCUT2D eigenvalue weighted by atomic mass is 9.86. The van der Waals surface area contributed by atoms with Crippen LogP contribution in [0.2, 0.25) is 5.02 Å². The van der Waals surface area contributed by atoms with Gasteiger partial charge in [-0.3, -0.25) is 4.79 Å². The van der Waals surface area contributed by atoms with E-state index in [1.165, 1.54) is 12.1 Å². The number of benzene rings is 1. The second kappa shape index (κ2) is 8.19. The minimum atomic E-state index is -3.48. The molecule has 1 fully saturated rings. The molecule has 1 saturated carbocycles. The van der Waals surface area contributed by atoms with Crippen molar-refractivity contribution in [2.75, 3.05) is 12.9 Å². The standard InChI is InChI=1S/C17H22ClNO5S/c1-11-5-3-4-6-15(11)19-16(20)10-24-17(21)13-9-12(25(2,22)23)7-8-14(13)18/h7-9,11,15H,3-6,10H2,1-2H3,(H,19,20)/t11-,15-/m1/s1. The van der Waals surface area contributed by atoms with E-state index in [2.05, 4.69) is 12.2 Å². The Morgan fingerprint density at radius 1 is 1.28 bits per heavy atom. The van der Waals surface area contributed by atoms with Gasteiger partial charge in [0.1, 0.15) is 0 Å². The second-order valence-electron chi connectivity index (χ2n) is 6.43.